The molecular weight excluding hydrogens is 132 g/mol. The summed E-state index contributed by atoms with van der Waals surface area (Å²) in [6.45, 7) is 4.42. The highest BCUT2D eigenvalue weighted by Crippen LogP contribution is 2.07. The number of benzene rings is 1. The molecule has 0 atom stereocenters. The van der Waals surface area contributed by atoms with Crippen LogP contribution in [0.4, 0.5) is 0 Å². The van der Waals surface area contributed by atoms with Crippen LogP contribution in [0, 0.1) is 0 Å². The van der Waals surface area contributed by atoms with Gasteiger partial charge in [-0.2, -0.15) is 0 Å². The van der Waals surface area contributed by atoms with Gasteiger partial charge in [-0.15, -0.1) is 0 Å². The third kappa shape index (κ3) is 2.38. The SMILES string of the molecule is CCCc1cccc(CC)c1. The van der Waals surface area contributed by atoms with Gasteiger partial charge in [-0.1, -0.05) is 44.5 Å². The summed E-state index contributed by atoms with van der Waals surface area (Å²) < 4.78 is 0. The van der Waals surface area contributed by atoms with Gasteiger partial charge in [-0.3, -0.25) is 0 Å². The van der Waals surface area contributed by atoms with Crippen LogP contribution in [0.25, 0.3) is 0 Å². The van der Waals surface area contributed by atoms with Gasteiger partial charge in [0.15, 0.2) is 0 Å². The van der Waals surface area contributed by atoms with Crippen LogP contribution >= 0.6 is 0 Å². The van der Waals surface area contributed by atoms with Crippen LogP contribution in [-0.4, -0.2) is 0 Å². The van der Waals surface area contributed by atoms with E-state index in [1.54, 1.807) is 0 Å². The van der Waals surface area contributed by atoms with E-state index in [-0.39, 0.29) is 0 Å². The van der Waals surface area contributed by atoms with E-state index in [4.69, 9.17) is 0 Å². The van der Waals surface area contributed by atoms with E-state index in [2.05, 4.69) is 38.1 Å². The summed E-state index contributed by atoms with van der Waals surface area (Å²) in [5.74, 6) is 0. The first kappa shape index (κ1) is 8.32. The Kier molecular flexibility index (Phi) is 3.15. The van der Waals surface area contributed by atoms with Crippen molar-refractivity contribution in [2.75, 3.05) is 0 Å². The third-order valence-corrected chi connectivity index (χ3v) is 1.94. The monoisotopic (exact) mass is 148 g/mol. The Labute approximate surface area is 69.3 Å². The second-order valence-corrected chi connectivity index (χ2v) is 2.92. The van der Waals surface area contributed by atoms with E-state index in [0.717, 1.165) is 6.42 Å². The standard InChI is InChI=1S/C11H16/c1-3-6-11-8-5-7-10(4-2)9-11/h5,7-9H,3-4,6H2,1-2H3. The normalized spacial score (nSPS) is 10.0. The van der Waals surface area contributed by atoms with Gasteiger partial charge in [0.2, 0.25) is 0 Å². The summed E-state index contributed by atoms with van der Waals surface area (Å²) in [4.78, 5) is 0. The lowest BCUT2D eigenvalue weighted by atomic mass is 10.1. The maximum Gasteiger partial charge on any atom is -0.0281 e. The molecule has 0 saturated heterocycles. The molecule has 0 unspecified atom stereocenters. The van der Waals surface area contributed by atoms with Crippen molar-refractivity contribution < 1.29 is 0 Å². The molecular formula is C11H16. The second-order valence-electron chi connectivity index (χ2n) is 2.92. The zero-order valence-corrected chi connectivity index (χ0v) is 7.43. The minimum Gasteiger partial charge on any atom is -0.0651 e. The van der Waals surface area contributed by atoms with Crippen LogP contribution < -0.4 is 0 Å². The third-order valence-electron chi connectivity index (χ3n) is 1.94. The number of rotatable bonds is 3. The molecule has 0 heteroatoms. The fraction of sp³-hybridized carbons (Fsp3) is 0.455. The molecule has 0 amide bonds. The Balaban J connectivity index is 2.74. The quantitative estimate of drug-likeness (QED) is 0.617. The largest absolute Gasteiger partial charge is 0.0651 e. The fourth-order valence-corrected chi connectivity index (χ4v) is 1.29. The van der Waals surface area contributed by atoms with Crippen LogP contribution in [0.5, 0.6) is 0 Å². The van der Waals surface area contributed by atoms with E-state index < -0.39 is 0 Å². The highest BCUT2D eigenvalue weighted by molar-refractivity contribution is 5.23. The Morgan fingerprint density at radius 3 is 2.45 bits per heavy atom. The topological polar surface area (TPSA) is 0 Å². The first-order valence-corrected chi connectivity index (χ1v) is 4.44. The highest BCUT2D eigenvalue weighted by atomic mass is 14.0. The van der Waals surface area contributed by atoms with Crippen molar-refractivity contribution in [3.05, 3.63) is 35.4 Å². The zero-order valence-electron chi connectivity index (χ0n) is 7.43. The van der Waals surface area contributed by atoms with Gasteiger partial charge in [0, 0.05) is 0 Å². The van der Waals surface area contributed by atoms with Crippen molar-refractivity contribution >= 4 is 0 Å². The average molecular weight is 148 g/mol. The predicted octanol–water partition coefficient (Wildman–Crippen LogP) is 3.20. The lowest BCUT2D eigenvalue weighted by Gasteiger charge is -2.00. The molecule has 0 nitrogen and oxygen atoms in total. The van der Waals surface area contributed by atoms with E-state index in [1.807, 2.05) is 0 Å². The summed E-state index contributed by atoms with van der Waals surface area (Å²) in [6, 6.07) is 8.87. The first-order valence-electron chi connectivity index (χ1n) is 4.44. The lowest BCUT2D eigenvalue weighted by molar-refractivity contribution is 0.917. The van der Waals surface area contributed by atoms with Crippen LogP contribution in [0.1, 0.15) is 31.4 Å². The molecule has 0 saturated carbocycles. The minimum atomic E-state index is 1.15. The van der Waals surface area contributed by atoms with E-state index >= 15 is 0 Å². The van der Waals surface area contributed by atoms with Crippen molar-refractivity contribution in [1.82, 2.24) is 0 Å². The van der Waals surface area contributed by atoms with Gasteiger partial charge in [0.1, 0.15) is 0 Å². The molecule has 0 fully saturated rings. The molecule has 60 valence electrons. The molecule has 0 heterocycles. The molecule has 0 bridgehead atoms. The molecule has 1 rings (SSSR count). The van der Waals surface area contributed by atoms with Crippen LogP contribution in [0.2, 0.25) is 0 Å². The molecule has 1 aromatic rings. The average Bonchev–Trinajstić information content (AvgIpc) is 2.06. The number of hydrogen-bond donors (Lipinski definition) is 0. The summed E-state index contributed by atoms with van der Waals surface area (Å²) >= 11 is 0. The summed E-state index contributed by atoms with van der Waals surface area (Å²) in [5.41, 5.74) is 2.93. The Hall–Kier alpha value is -0.780. The van der Waals surface area contributed by atoms with Gasteiger partial charge in [0.25, 0.3) is 0 Å². The van der Waals surface area contributed by atoms with Crippen molar-refractivity contribution in [2.45, 2.75) is 33.1 Å². The molecule has 0 radical (unpaired) electrons. The Morgan fingerprint density at radius 1 is 1.09 bits per heavy atom. The minimum absolute atomic E-state index is 1.15. The van der Waals surface area contributed by atoms with Gasteiger partial charge >= 0.3 is 0 Å². The molecule has 0 aromatic heterocycles. The first-order chi connectivity index (χ1) is 5.36. The predicted molar refractivity (Wildman–Crippen MR) is 49.8 cm³/mol. The van der Waals surface area contributed by atoms with Crippen molar-refractivity contribution in [3.8, 4) is 0 Å². The summed E-state index contributed by atoms with van der Waals surface area (Å²) in [5, 5.41) is 0. The van der Waals surface area contributed by atoms with Gasteiger partial charge < -0.3 is 0 Å². The van der Waals surface area contributed by atoms with Gasteiger partial charge in [-0.25, -0.2) is 0 Å². The maximum atomic E-state index is 2.31. The zero-order chi connectivity index (χ0) is 8.10. The number of aryl methyl sites for hydroxylation is 2. The molecule has 1 aromatic carbocycles. The molecule has 0 aliphatic heterocycles. The van der Waals surface area contributed by atoms with Gasteiger partial charge in [0.05, 0.1) is 0 Å². The van der Waals surface area contributed by atoms with Crippen LogP contribution in [-0.2, 0) is 12.8 Å². The molecule has 0 spiro atoms. The fourth-order valence-electron chi connectivity index (χ4n) is 1.29. The van der Waals surface area contributed by atoms with Crippen molar-refractivity contribution in [2.24, 2.45) is 0 Å². The van der Waals surface area contributed by atoms with Crippen molar-refractivity contribution in [3.63, 3.8) is 0 Å². The molecule has 0 aliphatic carbocycles. The van der Waals surface area contributed by atoms with E-state index in [0.29, 0.717) is 0 Å². The molecule has 0 N–H and O–H groups in total. The number of hydrogen-bond acceptors (Lipinski definition) is 0. The highest BCUT2D eigenvalue weighted by Gasteiger charge is 1.91. The van der Waals surface area contributed by atoms with Crippen LogP contribution in [0.15, 0.2) is 24.3 Å². The maximum absolute atomic E-state index is 2.31. The van der Waals surface area contributed by atoms with Gasteiger partial charge in [-0.05, 0) is 24.0 Å². The van der Waals surface area contributed by atoms with E-state index in [9.17, 15) is 0 Å². The smallest absolute Gasteiger partial charge is 0.0281 e. The summed E-state index contributed by atoms with van der Waals surface area (Å²) in [7, 11) is 0. The second kappa shape index (κ2) is 4.17. The Morgan fingerprint density at radius 2 is 1.82 bits per heavy atom. The summed E-state index contributed by atoms with van der Waals surface area (Å²) in [6.07, 6.45) is 3.61. The Bertz CT molecular complexity index is 213. The lowest BCUT2D eigenvalue weighted by Crippen LogP contribution is -1.85. The van der Waals surface area contributed by atoms with Crippen LogP contribution in [0.3, 0.4) is 0 Å². The van der Waals surface area contributed by atoms with E-state index in [1.165, 1.54) is 24.0 Å². The molecule has 0 aliphatic rings. The van der Waals surface area contributed by atoms with Crippen molar-refractivity contribution in [1.29, 1.82) is 0 Å². The molecule has 11 heavy (non-hydrogen) atoms.